The summed E-state index contributed by atoms with van der Waals surface area (Å²) in [6.07, 6.45) is 5.28. The molecule has 26 heavy (non-hydrogen) atoms. The van der Waals surface area contributed by atoms with Crippen molar-refractivity contribution >= 4 is 46.5 Å². The summed E-state index contributed by atoms with van der Waals surface area (Å²) in [6, 6.07) is 6.97. The quantitative estimate of drug-likeness (QED) is 0.639. The van der Waals surface area contributed by atoms with Gasteiger partial charge in [-0.15, -0.1) is 0 Å². The van der Waals surface area contributed by atoms with Crippen LogP contribution in [0.4, 0.5) is 5.82 Å². The van der Waals surface area contributed by atoms with E-state index in [2.05, 4.69) is 15.5 Å². The van der Waals surface area contributed by atoms with E-state index in [1.54, 1.807) is 17.1 Å². The maximum Gasteiger partial charge on any atom is 0.250 e. The smallest absolute Gasteiger partial charge is 0.250 e. The zero-order valence-corrected chi connectivity index (χ0v) is 16.1. The number of aromatic nitrogens is 4. The molecule has 0 radical (unpaired) electrons. The molecule has 0 fully saturated rings. The molecule has 1 N–H and O–H groups in total. The van der Waals surface area contributed by atoms with Crippen molar-refractivity contribution in [3.8, 4) is 0 Å². The molecule has 0 bridgehead atoms. The first-order valence-corrected chi connectivity index (χ1v) is 9.08. The van der Waals surface area contributed by atoms with Crippen LogP contribution >= 0.6 is 34.8 Å². The van der Waals surface area contributed by atoms with E-state index in [1.807, 2.05) is 31.2 Å². The van der Waals surface area contributed by atoms with Gasteiger partial charge in [0.1, 0.15) is 11.1 Å². The summed E-state index contributed by atoms with van der Waals surface area (Å²) in [4.78, 5) is 12.6. The topological polar surface area (TPSA) is 64.7 Å². The Labute approximate surface area is 165 Å². The lowest BCUT2D eigenvalue weighted by Crippen LogP contribution is -2.26. The van der Waals surface area contributed by atoms with Gasteiger partial charge in [0.05, 0.1) is 17.8 Å². The molecule has 0 saturated heterocycles. The molecule has 6 nitrogen and oxygen atoms in total. The van der Waals surface area contributed by atoms with Crippen molar-refractivity contribution in [2.45, 2.75) is 25.9 Å². The zero-order chi connectivity index (χ0) is 18.7. The van der Waals surface area contributed by atoms with Crippen molar-refractivity contribution in [2.75, 3.05) is 5.32 Å². The summed E-state index contributed by atoms with van der Waals surface area (Å²) < 4.78 is 3.15. The number of carbonyl (C=O) groups is 1. The predicted octanol–water partition coefficient (Wildman–Crippen LogP) is 4.68. The van der Waals surface area contributed by atoms with E-state index in [0.29, 0.717) is 33.9 Å². The first kappa shape index (κ1) is 18.8. The minimum absolute atomic E-state index is 0.267. The number of nitrogens with zero attached hydrogens (tertiary/aromatic N) is 4. The van der Waals surface area contributed by atoms with Crippen molar-refractivity contribution in [3.05, 3.63) is 63.5 Å². The summed E-state index contributed by atoms with van der Waals surface area (Å²) in [5.41, 5.74) is 0.906. The van der Waals surface area contributed by atoms with Gasteiger partial charge < -0.3 is 5.32 Å². The zero-order valence-electron chi connectivity index (χ0n) is 13.9. The van der Waals surface area contributed by atoms with E-state index in [0.717, 1.165) is 5.56 Å². The fourth-order valence-corrected chi connectivity index (χ4v) is 3.08. The molecular formula is C17H16Cl3N5O. The van der Waals surface area contributed by atoms with Gasteiger partial charge in [-0.2, -0.15) is 10.2 Å². The Bertz CT molecular complexity index is 921. The summed E-state index contributed by atoms with van der Waals surface area (Å²) in [5.74, 6) is 0.0255. The maximum absolute atomic E-state index is 12.6. The Morgan fingerprint density at radius 2 is 1.96 bits per heavy atom. The van der Waals surface area contributed by atoms with Crippen LogP contribution in [0, 0.1) is 0 Å². The summed E-state index contributed by atoms with van der Waals surface area (Å²) >= 11 is 18.3. The predicted molar refractivity (Wildman–Crippen MR) is 103 cm³/mol. The molecule has 1 atom stereocenters. The first-order valence-electron chi connectivity index (χ1n) is 7.94. The molecular weight excluding hydrogens is 397 g/mol. The van der Waals surface area contributed by atoms with Crippen LogP contribution in [0.3, 0.4) is 0 Å². The van der Waals surface area contributed by atoms with Gasteiger partial charge in [0.25, 0.3) is 0 Å². The van der Waals surface area contributed by atoms with E-state index in [-0.39, 0.29) is 5.91 Å². The van der Waals surface area contributed by atoms with Crippen LogP contribution < -0.4 is 5.32 Å². The molecule has 0 aliphatic rings. The molecule has 0 aliphatic heterocycles. The highest BCUT2D eigenvalue weighted by Crippen LogP contribution is 2.24. The minimum atomic E-state index is -0.507. The van der Waals surface area contributed by atoms with Gasteiger partial charge in [-0.05, 0) is 18.1 Å². The van der Waals surface area contributed by atoms with E-state index < -0.39 is 6.04 Å². The lowest BCUT2D eigenvalue weighted by molar-refractivity contribution is -0.119. The number of hydrogen-bond acceptors (Lipinski definition) is 3. The third-order valence-electron chi connectivity index (χ3n) is 3.83. The highest BCUT2D eigenvalue weighted by molar-refractivity contribution is 6.33. The Hall–Kier alpha value is -2.02. The van der Waals surface area contributed by atoms with Crippen LogP contribution in [0.5, 0.6) is 0 Å². The molecule has 1 aromatic carbocycles. The third kappa shape index (κ3) is 4.20. The Morgan fingerprint density at radius 3 is 2.62 bits per heavy atom. The Balaban J connectivity index is 1.74. The second kappa shape index (κ2) is 8.12. The fourth-order valence-electron chi connectivity index (χ4n) is 2.54. The SMILES string of the molecule is CCC(C(=O)Nc1nn(Cc2ccccc2Cl)cc1Cl)n1cc(Cl)cn1. The van der Waals surface area contributed by atoms with E-state index in [9.17, 15) is 4.79 Å². The number of benzene rings is 1. The van der Waals surface area contributed by atoms with Crippen molar-refractivity contribution in [3.63, 3.8) is 0 Å². The number of amides is 1. The van der Waals surface area contributed by atoms with Crippen molar-refractivity contribution in [1.82, 2.24) is 19.6 Å². The van der Waals surface area contributed by atoms with Crippen LogP contribution in [0.15, 0.2) is 42.9 Å². The average molecular weight is 413 g/mol. The summed E-state index contributed by atoms with van der Waals surface area (Å²) in [5, 5.41) is 12.6. The first-order chi connectivity index (χ1) is 12.5. The number of carbonyl (C=O) groups excluding carboxylic acids is 1. The molecule has 3 aromatic rings. The Morgan fingerprint density at radius 1 is 1.19 bits per heavy atom. The van der Waals surface area contributed by atoms with Crippen LogP contribution in [0.1, 0.15) is 24.9 Å². The van der Waals surface area contributed by atoms with Crippen LogP contribution in [0.2, 0.25) is 15.1 Å². The number of rotatable bonds is 6. The van der Waals surface area contributed by atoms with Gasteiger partial charge in [0, 0.05) is 17.4 Å². The second-order valence-corrected chi connectivity index (χ2v) is 6.92. The van der Waals surface area contributed by atoms with Crippen LogP contribution in [0.25, 0.3) is 0 Å². The normalized spacial score (nSPS) is 12.2. The second-order valence-electron chi connectivity index (χ2n) is 5.67. The van der Waals surface area contributed by atoms with Gasteiger partial charge in [0.2, 0.25) is 5.91 Å². The molecule has 2 aromatic heterocycles. The lowest BCUT2D eigenvalue weighted by atomic mass is 10.2. The summed E-state index contributed by atoms with van der Waals surface area (Å²) in [7, 11) is 0. The minimum Gasteiger partial charge on any atom is -0.306 e. The van der Waals surface area contributed by atoms with Gasteiger partial charge >= 0.3 is 0 Å². The molecule has 2 heterocycles. The van der Waals surface area contributed by atoms with Gasteiger partial charge in [-0.25, -0.2) is 0 Å². The van der Waals surface area contributed by atoms with Gasteiger partial charge in [0.15, 0.2) is 5.82 Å². The highest BCUT2D eigenvalue weighted by atomic mass is 35.5. The molecule has 136 valence electrons. The van der Waals surface area contributed by atoms with Crippen molar-refractivity contribution < 1.29 is 4.79 Å². The van der Waals surface area contributed by atoms with E-state index in [1.165, 1.54) is 10.9 Å². The highest BCUT2D eigenvalue weighted by Gasteiger charge is 2.21. The number of anilines is 1. The summed E-state index contributed by atoms with van der Waals surface area (Å²) in [6.45, 7) is 2.33. The molecule has 0 saturated carbocycles. The lowest BCUT2D eigenvalue weighted by Gasteiger charge is -2.14. The number of hydrogen-bond donors (Lipinski definition) is 1. The van der Waals surface area contributed by atoms with E-state index in [4.69, 9.17) is 34.8 Å². The van der Waals surface area contributed by atoms with Crippen molar-refractivity contribution in [2.24, 2.45) is 0 Å². The van der Waals surface area contributed by atoms with E-state index >= 15 is 0 Å². The monoisotopic (exact) mass is 411 g/mol. The molecule has 0 aliphatic carbocycles. The van der Waals surface area contributed by atoms with Crippen LogP contribution in [-0.2, 0) is 11.3 Å². The fraction of sp³-hybridized carbons (Fsp3) is 0.235. The van der Waals surface area contributed by atoms with Crippen molar-refractivity contribution in [1.29, 1.82) is 0 Å². The molecule has 1 unspecified atom stereocenters. The number of halogens is 3. The largest absolute Gasteiger partial charge is 0.306 e. The molecule has 1 amide bonds. The Kier molecular flexibility index (Phi) is 5.86. The molecule has 9 heteroatoms. The van der Waals surface area contributed by atoms with Gasteiger partial charge in [-0.3, -0.25) is 14.2 Å². The third-order valence-corrected chi connectivity index (χ3v) is 4.67. The maximum atomic E-state index is 12.6. The van der Waals surface area contributed by atoms with Crippen LogP contribution in [-0.4, -0.2) is 25.5 Å². The molecule has 0 spiro atoms. The average Bonchev–Trinajstić information content (AvgIpc) is 3.17. The standard InChI is InChI=1S/C17H16Cl3N5O/c1-2-15(25-9-12(18)7-21-25)17(26)22-16-14(20)10-24(23-16)8-11-5-3-4-6-13(11)19/h3-7,9-10,15H,2,8H2,1H3,(H,22,23,26). The molecule has 3 rings (SSSR count). The number of nitrogens with one attached hydrogen (secondary N) is 1. The van der Waals surface area contributed by atoms with Gasteiger partial charge in [-0.1, -0.05) is 59.9 Å².